The summed E-state index contributed by atoms with van der Waals surface area (Å²) < 4.78 is 1.68. The van der Waals surface area contributed by atoms with E-state index in [2.05, 4.69) is 10.1 Å². The molecule has 0 atom stereocenters. The van der Waals surface area contributed by atoms with E-state index in [1.807, 2.05) is 19.9 Å². The molecule has 106 valence electrons. The van der Waals surface area contributed by atoms with Gasteiger partial charge in [-0.25, -0.2) is 9.50 Å². The van der Waals surface area contributed by atoms with Crippen LogP contribution in [-0.4, -0.2) is 49.7 Å². The van der Waals surface area contributed by atoms with Gasteiger partial charge in [-0.3, -0.25) is 4.79 Å². The molecule has 1 aliphatic rings. The second kappa shape index (κ2) is 4.86. The summed E-state index contributed by atoms with van der Waals surface area (Å²) in [6.45, 7) is 4.19. The summed E-state index contributed by atoms with van der Waals surface area (Å²) in [7, 11) is 0. The predicted molar refractivity (Wildman–Crippen MR) is 73.6 cm³/mol. The summed E-state index contributed by atoms with van der Waals surface area (Å²) in [6.07, 6.45) is 3.59. The molecular formula is C14H18N4O2. The number of aromatic nitrogens is 3. The normalized spacial score (nSPS) is 14.8. The highest BCUT2D eigenvalue weighted by molar-refractivity contribution is 6.00. The lowest BCUT2D eigenvalue weighted by Crippen LogP contribution is -2.35. The molecule has 0 radical (unpaired) electrons. The van der Waals surface area contributed by atoms with Gasteiger partial charge < -0.3 is 10.0 Å². The molecule has 6 nitrogen and oxygen atoms in total. The van der Waals surface area contributed by atoms with Crippen LogP contribution in [0.25, 0.3) is 5.65 Å². The number of aliphatic hydroxyl groups is 1. The maximum Gasteiger partial charge on any atom is 0.259 e. The van der Waals surface area contributed by atoms with Crippen LogP contribution < -0.4 is 0 Å². The van der Waals surface area contributed by atoms with Crippen molar-refractivity contribution in [3.8, 4) is 0 Å². The van der Waals surface area contributed by atoms with Gasteiger partial charge in [0.15, 0.2) is 5.65 Å². The average Bonchev–Trinajstić information content (AvgIpc) is 3.15. The molecule has 6 heteroatoms. The molecule has 3 rings (SSSR count). The zero-order valence-corrected chi connectivity index (χ0v) is 11.7. The molecule has 2 aromatic rings. The standard InChI is InChI=1S/C14H18N4O2/c1-9-7-10(2)18-13(16-9)12(8-15-18)14(20)17(5-6-19)11-3-4-11/h7-8,11,19H,3-6H2,1-2H3. The number of amides is 1. The molecule has 0 saturated heterocycles. The SMILES string of the molecule is Cc1cc(C)n2ncc(C(=O)N(CCO)C3CC3)c2n1. The number of fused-ring (bicyclic) bond motifs is 1. The number of aliphatic hydroxyl groups excluding tert-OH is 1. The Morgan fingerprint density at radius 3 is 2.90 bits per heavy atom. The number of nitrogens with zero attached hydrogens (tertiary/aromatic N) is 4. The van der Waals surface area contributed by atoms with Crippen molar-refractivity contribution < 1.29 is 9.90 Å². The van der Waals surface area contributed by atoms with Crippen LogP contribution in [0.15, 0.2) is 12.3 Å². The quantitative estimate of drug-likeness (QED) is 0.901. The highest BCUT2D eigenvalue weighted by Gasteiger charge is 2.34. The number of hydrogen-bond donors (Lipinski definition) is 1. The van der Waals surface area contributed by atoms with Crippen molar-refractivity contribution in [1.29, 1.82) is 0 Å². The molecule has 0 aliphatic heterocycles. The lowest BCUT2D eigenvalue weighted by Gasteiger charge is -2.20. The summed E-state index contributed by atoms with van der Waals surface area (Å²) in [5.41, 5.74) is 2.92. The Morgan fingerprint density at radius 2 is 2.25 bits per heavy atom. The van der Waals surface area contributed by atoms with Gasteiger partial charge in [-0.1, -0.05) is 0 Å². The Bertz CT molecular complexity index is 660. The summed E-state index contributed by atoms with van der Waals surface area (Å²) >= 11 is 0. The van der Waals surface area contributed by atoms with E-state index in [4.69, 9.17) is 5.11 Å². The largest absolute Gasteiger partial charge is 0.395 e. The third kappa shape index (κ3) is 2.16. The molecule has 0 spiro atoms. The van der Waals surface area contributed by atoms with Crippen LogP contribution in [0.1, 0.15) is 34.6 Å². The van der Waals surface area contributed by atoms with Crippen molar-refractivity contribution in [1.82, 2.24) is 19.5 Å². The fourth-order valence-corrected chi connectivity index (χ4v) is 2.52. The number of carbonyl (C=O) groups is 1. The summed E-state index contributed by atoms with van der Waals surface area (Å²) in [4.78, 5) is 18.8. The molecule has 2 heterocycles. The Balaban J connectivity index is 2.02. The van der Waals surface area contributed by atoms with Gasteiger partial charge in [0.25, 0.3) is 5.91 Å². The Morgan fingerprint density at radius 1 is 1.50 bits per heavy atom. The maximum absolute atomic E-state index is 12.6. The van der Waals surface area contributed by atoms with Gasteiger partial charge in [-0.15, -0.1) is 0 Å². The van der Waals surface area contributed by atoms with E-state index >= 15 is 0 Å². The van der Waals surface area contributed by atoms with Crippen LogP contribution in [-0.2, 0) is 0 Å². The molecule has 1 amide bonds. The van der Waals surface area contributed by atoms with Gasteiger partial charge in [0.05, 0.1) is 12.8 Å². The molecular weight excluding hydrogens is 256 g/mol. The summed E-state index contributed by atoms with van der Waals surface area (Å²) in [5.74, 6) is -0.0888. The minimum atomic E-state index is -0.0888. The minimum absolute atomic E-state index is 0.0209. The Labute approximate surface area is 117 Å². The van der Waals surface area contributed by atoms with Crippen LogP contribution in [0.2, 0.25) is 0 Å². The summed E-state index contributed by atoms with van der Waals surface area (Å²) in [5, 5.41) is 13.4. The molecule has 0 bridgehead atoms. The minimum Gasteiger partial charge on any atom is -0.395 e. The molecule has 1 fully saturated rings. The summed E-state index contributed by atoms with van der Waals surface area (Å²) in [6, 6.07) is 2.19. The first-order chi connectivity index (χ1) is 9.61. The number of hydrogen-bond acceptors (Lipinski definition) is 4. The fourth-order valence-electron chi connectivity index (χ4n) is 2.52. The van der Waals surface area contributed by atoms with Gasteiger partial charge in [0, 0.05) is 24.0 Å². The van der Waals surface area contributed by atoms with Crippen LogP contribution >= 0.6 is 0 Å². The van der Waals surface area contributed by atoms with Gasteiger partial charge in [0.1, 0.15) is 5.56 Å². The topological polar surface area (TPSA) is 70.7 Å². The lowest BCUT2D eigenvalue weighted by molar-refractivity contribution is 0.0709. The third-order valence-corrected chi connectivity index (χ3v) is 3.60. The van der Waals surface area contributed by atoms with Gasteiger partial charge in [-0.2, -0.15) is 5.10 Å². The maximum atomic E-state index is 12.6. The second-order valence-corrected chi connectivity index (χ2v) is 5.29. The van der Waals surface area contributed by atoms with E-state index in [-0.39, 0.29) is 18.6 Å². The van der Waals surface area contributed by atoms with E-state index < -0.39 is 0 Å². The van der Waals surface area contributed by atoms with Crippen molar-refractivity contribution >= 4 is 11.6 Å². The predicted octanol–water partition coefficient (Wildman–Crippen LogP) is 0.943. The monoisotopic (exact) mass is 274 g/mol. The first-order valence-corrected chi connectivity index (χ1v) is 6.85. The molecule has 2 aromatic heterocycles. The lowest BCUT2D eigenvalue weighted by atomic mass is 10.2. The van der Waals surface area contributed by atoms with Gasteiger partial charge in [0.2, 0.25) is 0 Å². The number of carbonyl (C=O) groups excluding carboxylic acids is 1. The number of aryl methyl sites for hydroxylation is 2. The van der Waals surface area contributed by atoms with Crippen molar-refractivity contribution in [3.05, 3.63) is 29.2 Å². The average molecular weight is 274 g/mol. The van der Waals surface area contributed by atoms with E-state index in [1.165, 1.54) is 0 Å². The molecule has 20 heavy (non-hydrogen) atoms. The smallest absolute Gasteiger partial charge is 0.259 e. The molecule has 0 aromatic carbocycles. The van der Waals surface area contributed by atoms with Crippen LogP contribution in [0.3, 0.4) is 0 Å². The zero-order chi connectivity index (χ0) is 14.3. The number of rotatable bonds is 4. The molecule has 0 unspecified atom stereocenters. The van der Waals surface area contributed by atoms with Gasteiger partial charge >= 0.3 is 0 Å². The van der Waals surface area contributed by atoms with Crippen LogP contribution in [0, 0.1) is 13.8 Å². The third-order valence-electron chi connectivity index (χ3n) is 3.60. The van der Waals surface area contributed by atoms with E-state index in [0.29, 0.717) is 17.8 Å². The fraction of sp³-hybridized carbons (Fsp3) is 0.500. The van der Waals surface area contributed by atoms with E-state index in [0.717, 1.165) is 24.2 Å². The molecule has 1 aliphatic carbocycles. The second-order valence-electron chi connectivity index (χ2n) is 5.29. The van der Waals surface area contributed by atoms with Gasteiger partial charge in [-0.05, 0) is 32.8 Å². The Kier molecular flexibility index (Phi) is 3.17. The molecule has 1 N–H and O–H groups in total. The van der Waals surface area contributed by atoms with E-state index in [9.17, 15) is 4.79 Å². The zero-order valence-electron chi connectivity index (χ0n) is 11.7. The van der Waals surface area contributed by atoms with Crippen LogP contribution in [0.4, 0.5) is 0 Å². The van der Waals surface area contributed by atoms with Crippen molar-refractivity contribution in [3.63, 3.8) is 0 Å². The van der Waals surface area contributed by atoms with Crippen molar-refractivity contribution in [2.45, 2.75) is 32.7 Å². The van der Waals surface area contributed by atoms with Crippen molar-refractivity contribution in [2.75, 3.05) is 13.2 Å². The first-order valence-electron chi connectivity index (χ1n) is 6.85. The van der Waals surface area contributed by atoms with Crippen molar-refractivity contribution in [2.24, 2.45) is 0 Å². The van der Waals surface area contributed by atoms with Crippen LogP contribution in [0.5, 0.6) is 0 Å². The van der Waals surface area contributed by atoms with E-state index in [1.54, 1.807) is 15.6 Å². The first kappa shape index (κ1) is 13.1. The molecule has 1 saturated carbocycles. The Hall–Kier alpha value is -1.95. The highest BCUT2D eigenvalue weighted by Crippen LogP contribution is 2.28. The highest BCUT2D eigenvalue weighted by atomic mass is 16.3.